The molecule has 1 aliphatic heterocycles. The number of nitrogens with zero attached hydrogens (tertiary/aromatic N) is 4. The fraction of sp³-hybridized carbons (Fsp3) is 0.318. The standard InChI is InChI=1S/C22H26ClN7/c1-15-5-3-4-6-18(15)25-22-27-20(26-21(24)28-22)14-29-9-11-30(12-10-29)19-13-17(23)8-7-16(19)2/h3-8,13H,9-12,14H2,1-2H3,(H3,24,25,26,27,28)/p+1. The number of quaternary nitrogens is 1. The normalized spacial score (nSPS) is 14.7. The van der Waals surface area contributed by atoms with E-state index in [1.165, 1.54) is 16.2 Å². The first-order valence-corrected chi connectivity index (χ1v) is 10.5. The lowest BCUT2D eigenvalue weighted by Crippen LogP contribution is -3.13. The molecule has 8 heteroatoms. The van der Waals surface area contributed by atoms with Gasteiger partial charge in [-0.25, -0.2) is 0 Å². The van der Waals surface area contributed by atoms with Gasteiger partial charge < -0.3 is 20.9 Å². The molecule has 0 radical (unpaired) electrons. The van der Waals surface area contributed by atoms with Crippen LogP contribution in [0.2, 0.25) is 5.02 Å². The van der Waals surface area contributed by atoms with Gasteiger partial charge >= 0.3 is 0 Å². The Balaban J connectivity index is 1.41. The Morgan fingerprint density at radius 2 is 1.80 bits per heavy atom. The Bertz CT molecular complexity index is 1030. The average Bonchev–Trinajstić information content (AvgIpc) is 2.72. The van der Waals surface area contributed by atoms with Gasteiger partial charge in [0.2, 0.25) is 11.9 Å². The van der Waals surface area contributed by atoms with Crippen LogP contribution >= 0.6 is 11.6 Å². The second-order valence-electron chi connectivity index (χ2n) is 7.72. The summed E-state index contributed by atoms with van der Waals surface area (Å²) in [4.78, 5) is 17.0. The highest BCUT2D eigenvalue weighted by Gasteiger charge is 2.23. The molecule has 7 nitrogen and oxygen atoms in total. The maximum Gasteiger partial charge on any atom is 0.232 e. The van der Waals surface area contributed by atoms with E-state index in [1.807, 2.05) is 37.3 Å². The number of anilines is 4. The lowest BCUT2D eigenvalue weighted by Gasteiger charge is -2.34. The monoisotopic (exact) mass is 424 g/mol. The van der Waals surface area contributed by atoms with Crippen LogP contribution in [0.4, 0.5) is 23.3 Å². The van der Waals surface area contributed by atoms with Crippen molar-refractivity contribution in [3.63, 3.8) is 0 Å². The van der Waals surface area contributed by atoms with Crippen LogP contribution in [0.3, 0.4) is 0 Å². The highest BCUT2D eigenvalue weighted by atomic mass is 35.5. The molecule has 30 heavy (non-hydrogen) atoms. The first-order valence-electron chi connectivity index (χ1n) is 10.2. The van der Waals surface area contributed by atoms with E-state index in [-0.39, 0.29) is 5.95 Å². The molecule has 3 aromatic rings. The number of hydrogen-bond acceptors (Lipinski definition) is 6. The van der Waals surface area contributed by atoms with Gasteiger partial charge in [0.15, 0.2) is 5.82 Å². The smallest absolute Gasteiger partial charge is 0.232 e. The molecule has 0 aliphatic carbocycles. The summed E-state index contributed by atoms with van der Waals surface area (Å²) in [6.07, 6.45) is 0. The summed E-state index contributed by atoms with van der Waals surface area (Å²) in [5.74, 6) is 1.43. The predicted octanol–water partition coefficient (Wildman–Crippen LogP) is 2.37. The third-order valence-corrected chi connectivity index (χ3v) is 5.72. The summed E-state index contributed by atoms with van der Waals surface area (Å²) in [7, 11) is 0. The maximum absolute atomic E-state index is 6.20. The topological polar surface area (TPSA) is 84.4 Å². The molecule has 0 unspecified atom stereocenters. The Hall–Kier alpha value is -2.90. The Morgan fingerprint density at radius 1 is 1.03 bits per heavy atom. The number of rotatable bonds is 5. The summed E-state index contributed by atoms with van der Waals surface area (Å²) in [6.45, 7) is 8.81. The lowest BCUT2D eigenvalue weighted by atomic mass is 10.1. The van der Waals surface area contributed by atoms with Crippen molar-refractivity contribution in [2.75, 3.05) is 42.1 Å². The first-order chi connectivity index (χ1) is 14.5. The van der Waals surface area contributed by atoms with E-state index in [0.29, 0.717) is 11.8 Å². The first kappa shape index (κ1) is 20.4. The molecule has 0 amide bonds. The third kappa shape index (κ3) is 4.80. The number of nitrogens with two attached hydrogens (primary N) is 1. The number of piperazine rings is 1. The largest absolute Gasteiger partial charge is 0.368 e. The van der Waals surface area contributed by atoms with Gasteiger partial charge in [0.25, 0.3) is 0 Å². The van der Waals surface area contributed by atoms with Crippen LogP contribution < -0.4 is 20.9 Å². The molecule has 0 atom stereocenters. The zero-order valence-electron chi connectivity index (χ0n) is 17.3. The SMILES string of the molecule is Cc1ccccc1Nc1nc(N)nc(C[NH+]2CCN(c3cc(Cl)ccc3C)CC2)n1. The van der Waals surface area contributed by atoms with E-state index < -0.39 is 0 Å². The van der Waals surface area contributed by atoms with Gasteiger partial charge in [-0.3, -0.25) is 0 Å². The second-order valence-corrected chi connectivity index (χ2v) is 8.15. The molecule has 1 aromatic heterocycles. The van der Waals surface area contributed by atoms with Crippen molar-refractivity contribution in [3.05, 3.63) is 64.4 Å². The average molecular weight is 425 g/mol. The molecule has 1 fully saturated rings. The molecule has 2 heterocycles. The van der Waals surface area contributed by atoms with Crippen LogP contribution in [0.5, 0.6) is 0 Å². The molecule has 1 saturated heterocycles. The molecule has 0 saturated carbocycles. The van der Waals surface area contributed by atoms with Crippen LogP contribution in [-0.2, 0) is 6.54 Å². The van der Waals surface area contributed by atoms with E-state index in [9.17, 15) is 0 Å². The molecule has 0 spiro atoms. The van der Waals surface area contributed by atoms with Crippen molar-refractivity contribution in [1.82, 2.24) is 15.0 Å². The van der Waals surface area contributed by atoms with Crippen LogP contribution in [0.25, 0.3) is 0 Å². The number of benzene rings is 2. The van der Waals surface area contributed by atoms with Gasteiger partial charge in [0.1, 0.15) is 6.54 Å². The van der Waals surface area contributed by atoms with Crippen molar-refractivity contribution in [3.8, 4) is 0 Å². The number of halogens is 1. The number of nitrogen functional groups attached to an aromatic ring is 1. The van der Waals surface area contributed by atoms with Crippen LogP contribution in [0.15, 0.2) is 42.5 Å². The van der Waals surface area contributed by atoms with Gasteiger partial charge in [0.05, 0.1) is 26.2 Å². The predicted molar refractivity (Wildman–Crippen MR) is 122 cm³/mol. The summed E-state index contributed by atoms with van der Waals surface area (Å²) in [5, 5.41) is 4.04. The van der Waals surface area contributed by atoms with Gasteiger partial charge in [-0.2, -0.15) is 15.0 Å². The van der Waals surface area contributed by atoms with Gasteiger partial charge in [-0.1, -0.05) is 35.9 Å². The van der Waals surface area contributed by atoms with Crippen molar-refractivity contribution in [2.45, 2.75) is 20.4 Å². The number of para-hydroxylation sites is 1. The Kier molecular flexibility index (Phi) is 6.01. The number of aromatic nitrogens is 3. The summed E-state index contributed by atoms with van der Waals surface area (Å²) >= 11 is 6.20. The minimum absolute atomic E-state index is 0.240. The molecule has 4 N–H and O–H groups in total. The highest BCUT2D eigenvalue weighted by Crippen LogP contribution is 2.24. The van der Waals surface area contributed by atoms with Crippen LogP contribution in [-0.4, -0.2) is 41.1 Å². The Labute approximate surface area is 181 Å². The molecule has 2 aromatic carbocycles. The van der Waals surface area contributed by atoms with Crippen molar-refractivity contribution >= 4 is 34.9 Å². The zero-order valence-corrected chi connectivity index (χ0v) is 18.1. The molecule has 0 bridgehead atoms. The van der Waals surface area contributed by atoms with Crippen LogP contribution in [0.1, 0.15) is 17.0 Å². The number of hydrogen-bond donors (Lipinski definition) is 3. The maximum atomic E-state index is 6.20. The quantitative estimate of drug-likeness (QED) is 0.583. The lowest BCUT2D eigenvalue weighted by molar-refractivity contribution is -0.915. The molecule has 1 aliphatic rings. The molecular formula is C22H27ClN7+. The van der Waals surface area contributed by atoms with E-state index in [2.05, 4.69) is 44.2 Å². The van der Waals surface area contributed by atoms with Crippen molar-refractivity contribution < 1.29 is 4.90 Å². The minimum atomic E-state index is 0.240. The zero-order chi connectivity index (χ0) is 21.1. The number of aryl methyl sites for hydroxylation is 2. The Morgan fingerprint density at radius 3 is 2.57 bits per heavy atom. The van der Waals surface area contributed by atoms with Gasteiger partial charge in [0, 0.05) is 16.4 Å². The van der Waals surface area contributed by atoms with E-state index in [0.717, 1.165) is 49.0 Å². The van der Waals surface area contributed by atoms with Crippen LogP contribution in [0, 0.1) is 13.8 Å². The highest BCUT2D eigenvalue weighted by molar-refractivity contribution is 6.30. The summed E-state index contributed by atoms with van der Waals surface area (Å²) < 4.78 is 0. The van der Waals surface area contributed by atoms with Gasteiger partial charge in [-0.15, -0.1) is 0 Å². The van der Waals surface area contributed by atoms with E-state index in [4.69, 9.17) is 17.3 Å². The second kappa shape index (κ2) is 8.85. The number of nitrogens with one attached hydrogen (secondary N) is 2. The summed E-state index contributed by atoms with van der Waals surface area (Å²) in [5.41, 5.74) is 10.5. The molecular weight excluding hydrogens is 398 g/mol. The van der Waals surface area contributed by atoms with Gasteiger partial charge in [-0.05, 0) is 43.2 Å². The minimum Gasteiger partial charge on any atom is -0.368 e. The van der Waals surface area contributed by atoms with E-state index >= 15 is 0 Å². The third-order valence-electron chi connectivity index (χ3n) is 5.48. The fourth-order valence-corrected chi connectivity index (χ4v) is 3.96. The summed E-state index contributed by atoms with van der Waals surface area (Å²) in [6, 6.07) is 14.1. The molecule has 156 valence electrons. The van der Waals surface area contributed by atoms with Crippen molar-refractivity contribution in [1.29, 1.82) is 0 Å². The fourth-order valence-electron chi connectivity index (χ4n) is 3.79. The molecule has 4 rings (SSSR count). The van der Waals surface area contributed by atoms with E-state index in [1.54, 1.807) is 0 Å². The van der Waals surface area contributed by atoms with Crippen molar-refractivity contribution in [2.24, 2.45) is 0 Å².